The molecule has 3 nitrogen and oxygen atoms in total. The Bertz CT molecular complexity index is 368. The highest BCUT2D eigenvalue weighted by atomic mass is 79.9. The summed E-state index contributed by atoms with van der Waals surface area (Å²) in [7, 11) is 1.84. The highest BCUT2D eigenvalue weighted by Gasteiger charge is 2.08. The molecule has 4 heteroatoms. The molecule has 0 fully saturated rings. The third-order valence-corrected chi connectivity index (χ3v) is 3.07. The number of carbonyl (C=O) groups is 1. The Labute approximate surface area is 111 Å². The van der Waals surface area contributed by atoms with Crippen molar-refractivity contribution in [3.8, 4) is 0 Å². The Hall–Kier alpha value is -0.870. The van der Waals surface area contributed by atoms with Gasteiger partial charge in [-0.2, -0.15) is 0 Å². The first-order chi connectivity index (χ1) is 8.13. The van der Waals surface area contributed by atoms with Crippen LogP contribution in [0.4, 0.5) is 0 Å². The van der Waals surface area contributed by atoms with E-state index in [4.69, 9.17) is 5.73 Å². The molecule has 0 saturated heterocycles. The molecule has 0 aliphatic rings. The van der Waals surface area contributed by atoms with Gasteiger partial charge in [-0.3, -0.25) is 4.79 Å². The Balaban J connectivity index is 2.43. The fourth-order valence-corrected chi connectivity index (χ4v) is 2.06. The van der Waals surface area contributed by atoms with Crippen molar-refractivity contribution in [3.05, 3.63) is 34.3 Å². The number of rotatable bonds is 6. The summed E-state index contributed by atoms with van der Waals surface area (Å²) in [6.07, 6.45) is 2.37. The largest absolute Gasteiger partial charge is 0.341 e. The number of hydrogen-bond donors (Lipinski definition) is 1. The van der Waals surface area contributed by atoms with Crippen LogP contribution in [0, 0.1) is 0 Å². The number of amides is 1. The summed E-state index contributed by atoms with van der Waals surface area (Å²) in [5.41, 5.74) is 6.53. The van der Waals surface area contributed by atoms with Crippen molar-refractivity contribution in [2.24, 2.45) is 5.73 Å². The second-order valence-electron chi connectivity index (χ2n) is 4.13. The van der Waals surface area contributed by atoms with E-state index in [0.717, 1.165) is 22.9 Å². The van der Waals surface area contributed by atoms with Crippen LogP contribution in [0.3, 0.4) is 0 Å². The lowest BCUT2D eigenvalue weighted by Crippen LogP contribution is -2.26. The van der Waals surface area contributed by atoms with Gasteiger partial charge in [0.15, 0.2) is 0 Å². The summed E-state index contributed by atoms with van der Waals surface area (Å²) < 4.78 is 1.04. The minimum atomic E-state index is 0.179. The van der Waals surface area contributed by atoms with Crippen LogP contribution >= 0.6 is 15.9 Å². The first-order valence-corrected chi connectivity index (χ1v) is 6.61. The summed E-state index contributed by atoms with van der Waals surface area (Å²) in [6.45, 7) is 1.31. The van der Waals surface area contributed by atoms with Gasteiger partial charge in [-0.25, -0.2) is 0 Å². The van der Waals surface area contributed by atoms with E-state index in [2.05, 4.69) is 15.9 Å². The van der Waals surface area contributed by atoms with Gasteiger partial charge < -0.3 is 10.6 Å². The van der Waals surface area contributed by atoms with Crippen LogP contribution in [0.5, 0.6) is 0 Å². The molecule has 0 bridgehead atoms. The van der Waals surface area contributed by atoms with Gasteiger partial charge in [-0.1, -0.05) is 28.1 Å². The smallest absolute Gasteiger partial charge is 0.222 e. The molecule has 0 aliphatic heterocycles. The number of hydrogen-bond acceptors (Lipinski definition) is 2. The van der Waals surface area contributed by atoms with E-state index < -0.39 is 0 Å². The van der Waals surface area contributed by atoms with Crippen LogP contribution in [0.25, 0.3) is 0 Å². The van der Waals surface area contributed by atoms with Crippen LogP contribution < -0.4 is 5.73 Å². The molecule has 0 unspecified atom stereocenters. The molecule has 1 aromatic rings. The average molecular weight is 299 g/mol. The number of nitrogens with zero attached hydrogens (tertiary/aromatic N) is 1. The van der Waals surface area contributed by atoms with Crippen molar-refractivity contribution in [3.63, 3.8) is 0 Å². The second kappa shape index (κ2) is 7.45. The quantitative estimate of drug-likeness (QED) is 0.821. The van der Waals surface area contributed by atoms with E-state index in [9.17, 15) is 4.79 Å². The summed E-state index contributed by atoms with van der Waals surface area (Å²) in [6, 6.07) is 8.01. The van der Waals surface area contributed by atoms with E-state index in [1.54, 1.807) is 4.90 Å². The van der Waals surface area contributed by atoms with Crippen LogP contribution in [0.2, 0.25) is 0 Å². The first kappa shape index (κ1) is 14.2. The zero-order valence-corrected chi connectivity index (χ0v) is 11.7. The zero-order chi connectivity index (χ0) is 12.7. The summed E-state index contributed by atoms with van der Waals surface area (Å²) in [5.74, 6) is 0.179. The lowest BCUT2D eigenvalue weighted by atomic mass is 10.2. The van der Waals surface area contributed by atoms with E-state index in [1.165, 1.54) is 0 Å². The molecule has 0 heterocycles. The van der Waals surface area contributed by atoms with Crippen LogP contribution in [0.1, 0.15) is 24.8 Å². The van der Waals surface area contributed by atoms with Gasteiger partial charge in [0.1, 0.15) is 0 Å². The summed E-state index contributed by atoms with van der Waals surface area (Å²) in [5, 5.41) is 0. The van der Waals surface area contributed by atoms with Crippen molar-refractivity contribution in [2.45, 2.75) is 25.8 Å². The molecular formula is C13H19BrN2O. The third-order valence-electron chi connectivity index (χ3n) is 2.58. The van der Waals surface area contributed by atoms with Gasteiger partial charge in [-0.05, 0) is 37.1 Å². The van der Waals surface area contributed by atoms with Crippen molar-refractivity contribution in [1.82, 2.24) is 4.90 Å². The minimum absolute atomic E-state index is 0.179. The lowest BCUT2D eigenvalue weighted by molar-refractivity contribution is -0.130. The molecule has 1 amide bonds. The van der Waals surface area contributed by atoms with Gasteiger partial charge in [0.25, 0.3) is 0 Å². The highest BCUT2D eigenvalue weighted by Crippen LogP contribution is 2.13. The zero-order valence-electron chi connectivity index (χ0n) is 10.2. The lowest BCUT2D eigenvalue weighted by Gasteiger charge is -2.17. The molecule has 0 aromatic heterocycles. The molecule has 94 valence electrons. The topological polar surface area (TPSA) is 46.3 Å². The van der Waals surface area contributed by atoms with Gasteiger partial charge in [0.2, 0.25) is 5.91 Å². The van der Waals surface area contributed by atoms with Crippen LogP contribution in [0.15, 0.2) is 28.7 Å². The van der Waals surface area contributed by atoms with Crippen molar-refractivity contribution < 1.29 is 4.79 Å². The molecule has 1 aromatic carbocycles. The highest BCUT2D eigenvalue weighted by molar-refractivity contribution is 9.10. The Morgan fingerprint density at radius 3 is 2.82 bits per heavy atom. The Morgan fingerprint density at radius 1 is 1.41 bits per heavy atom. The van der Waals surface area contributed by atoms with Crippen molar-refractivity contribution in [2.75, 3.05) is 13.6 Å². The first-order valence-electron chi connectivity index (χ1n) is 5.82. The van der Waals surface area contributed by atoms with E-state index >= 15 is 0 Å². The maximum atomic E-state index is 11.8. The molecular weight excluding hydrogens is 280 g/mol. The van der Waals surface area contributed by atoms with Gasteiger partial charge in [0.05, 0.1) is 0 Å². The van der Waals surface area contributed by atoms with Crippen LogP contribution in [-0.4, -0.2) is 24.4 Å². The fourth-order valence-electron chi connectivity index (χ4n) is 1.61. The summed E-state index contributed by atoms with van der Waals surface area (Å²) >= 11 is 3.42. The van der Waals surface area contributed by atoms with Gasteiger partial charge in [0, 0.05) is 24.5 Å². The number of unbranched alkanes of at least 4 members (excludes halogenated alkanes) is 1. The SMILES string of the molecule is CN(Cc1cccc(Br)c1)C(=O)CCCCN. The molecule has 17 heavy (non-hydrogen) atoms. The molecule has 1 rings (SSSR count). The third kappa shape index (κ3) is 5.33. The van der Waals surface area contributed by atoms with Gasteiger partial charge >= 0.3 is 0 Å². The molecule has 0 aliphatic carbocycles. The number of carbonyl (C=O) groups excluding carboxylic acids is 1. The van der Waals surface area contributed by atoms with Gasteiger partial charge in [-0.15, -0.1) is 0 Å². The standard InChI is InChI=1S/C13H19BrN2O/c1-16(13(17)7-2-3-8-15)10-11-5-4-6-12(14)9-11/h4-6,9H,2-3,7-8,10,15H2,1H3. The minimum Gasteiger partial charge on any atom is -0.341 e. The van der Waals surface area contributed by atoms with E-state index in [-0.39, 0.29) is 5.91 Å². The molecule has 0 saturated carbocycles. The number of benzene rings is 1. The molecule has 0 spiro atoms. The average Bonchev–Trinajstić information content (AvgIpc) is 2.29. The van der Waals surface area contributed by atoms with Crippen molar-refractivity contribution >= 4 is 21.8 Å². The van der Waals surface area contributed by atoms with E-state index in [1.807, 2.05) is 31.3 Å². The normalized spacial score (nSPS) is 10.3. The Morgan fingerprint density at radius 2 is 2.18 bits per heavy atom. The fraction of sp³-hybridized carbons (Fsp3) is 0.462. The molecule has 0 atom stereocenters. The predicted molar refractivity (Wildman–Crippen MR) is 73.5 cm³/mol. The maximum Gasteiger partial charge on any atom is 0.222 e. The Kier molecular flexibility index (Phi) is 6.22. The predicted octanol–water partition coefficient (Wildman–Crippen LogP) is 2.54. The molecule has 2 N–H and O–H groups in total. The van der Waals surface area contributed by atoms with Crippen molar-refractivity contribution in [1.29, 1.82) is 0 Å². The molecule has 0 radical (unpaired) electrons. The van der Waals surface area contributed by atoms with E-state index in [0.29, 0.717) is 19.5 Å². The summed E-state index contributed by atoms with van der Waals surface area (Å²) in [4.78, 5) is 13.5. The maximum absolute atomic E-state index is 11.8. The monoisotopic (exact) mass is 298 g/mol. The number of nitrogens with two attached hydrogens (primary N) is 1. The second-order valence-corrected chi connectivity index (χ2v) is 5.04. The number of halogens is 1. The van der Waals surface area contributed by atoms with Crippen LogP contribution in [-0.2, 0) is 11.3 Å².